The summed E-state index contributed by atoms with van der Waals surface area (Å²) < 4.78 is 5.62. The molecule has 31 heavy (non-hydrogen) atoms. The second kappa shape index (κ2) is 8.65. The zero-order chi connectivity index (χ0) is 21.4. The van der Waals surface area contributed by atoms with Gasteiger partial charge in [0.1, 0.15) is 5.75 Å². The van der Waals surface area contributed by atoms with Gasteiger partial charge in [0.2, 0.25) is 5.91 Å². The molecular weight excluding hydrogens is 412 g/mol. The molecule has 1 aromatic carbocycles. The Bertz CT molecular complexity index is 789. The predicted molar refractivity (Wildman–Crippen MR) is 120 cm³/mol. The molecule has 168 valence electrons. The van der Waals surface area contributed by atoms with E-state index in [1.165, 1.54) is 38.5 Å². The van der Waals surface area contributed by atoms with Crippen LogP contribution in [0.4, 0.5) is 0 Å². The topological polar surface area (TPSA) is 49.9 Å². The lowest BCUT2D eigenvalue weighted by Gasteiger charge is -2.57. The summed E-state index contributed by atoms with van der Waals surface area (Å²) in [6, 6.07) is 7.03. The maximum absolute atomic E-state index is 13.2. The SMILES string of the molecule is O=C(COc1ccc(Cl)cc1)N1CCCN(C(=O)CC23CC4CC(CC(C4)C2)C3)CC1. The number of hydrogen-bond acceptors (Lipinski definition) is 3. The summed E-state index contributed by atoms with van der Waals surface area (Å²) in [6.45, 7) is 2.69. The van der Waals surface area contributed by atoms with Crippen molar-refractivity contribution in [3.63, 3.8) is 0 Å². The zero-order valence-electron chi connectivity index (χ0n) is 18.2. The van der Waals surface area contributed by atoms with Gasteiger partial charge in [-0.05, 0) is 92.4 Å². The second-order valence-corrected chi connectivity index (χ2v) is 10.9. The van der Waals surface area contributed by atoms with Gasteiger partial charge in [-0.2, -0.15) is 0 Å². The second-order valence-electron chi connectivity index (χ2n) is 10.5. The first-order valence-electron chi connectivity index (χ1n) is 11.9. The van der Waals surface area contributed by atoms with Gasteiger partial charge in [0.25, 0.3) is 5.91 Å². The Morgan fingerprint density at radius 2 is 1.42 bits per heavy atom. The summed E-state index contributed by atoms with van der Waals surface area (Å²) in [5.41, 5.74) is 0.278. The number of rotatable bonds is 5. The smallest absolute Gasteiger partial charge is 0.260 e. The lowest BCUT2D eigenvalue weighted by Crippen LogP contribution is -2.48. The molecule has 0 aromatic heterocycles. The molecule has 1 saturated heterocycles. The summed E-state index contributed by atoms with van der Waals surface area (Å²) >= 11 is 5.89. The fraction of sp³-hybridized carbons (Fsp3) is 0.680. The van der Waals surface area contributed by atoms with Crippen molar-refractivity contribution < 1.29 is 14.3 Å². The third kappa shape index (κ3) is 4.72. The van der Waals surface area contributed by atoms with Gasteiger partial charge in [-0.15, -0.1) is 0 Å². The number of nitrogens with zero attached hydrogens (tertiary/aromatic N) is 2. The minimum atomic E-state index is -0.0228. The molecule has 5 fully saturated rings. The van der Waals surface area contributed by atoms with Crippen LogP contribution in [0.25, 0.3) is 0 Å². The monoisotopic (exact) mass is 444 g/mol. The third-order valence-corrected chi connectivity index (χ3v) is 8.32. The van der Waals surface area contributed by atoms with Gasteiger partial charge in [-0.3, -0.25) is 9.59 Å². The zero-order valence-corrected chi connectivity index (χ0v) is 19.0. The number of benzene rings is 1. The van der Waals surface area contributed by atoms with Gasteiger partial charge in [0, 0.05) is 37.6 Å². The first-order valence-corrected chi connectivity index (χ1v) is 12.3. The Morgan fingerprint density at radius 1 is 0.871 bits per heavy atom. The van der Waals surface area contributed by atoms with Crippen molar-refractivity contribution in [2.24, 2.45) is 23.2 Å². The highest BCUT2D eigenvalue weighted by molar-refractivity contribution is 6.30. The van der Waals surface area contributed by atoms with Gasteiger partial charge >= 0.3 is 0 Å². The van der Waals surface area contributed by atoms with Crippen LogP contribution in [0, 0.1) is 23.2 Å². The first kappa shape index (κ1) is 21.1. The highest BCUT2D eigenvalue weighted by atomic mass is 35.5. The Balaban J connectivity index is 1.12. The molecule has 4 aliphatic carbocycles. The lowest BCUT2D eigenvalue weighted by atomic mass is 9.49. The molecule has 0 spiro atoms. The van der Waals surface area contributed by atoms with Gasteiger partial charge in [0.15, 0.2) is 6.61 Å². The summed E-state index contributed by atoms with van der Waals surface area (Å²) in [6.07, 6.45) is 9.59. The van der Waals surface area contributed by atoms with Crippen molar-refractivity contribution in [1.29, 1.82) is 0 Å². The van der Waals surface area contributed by atoms with Crippen molar-refractivity contribution >= 4 is 23.4 Å². The Kier molecular flexibility index (Phi) is 5.89. The van der Waals surface area contributed by atoms with Gasteiger partial charge < -0.3 is 14.5 Å². The quantitative estimate of drug-likeness (QED) is 0.676. The van der Waals surface area contributed by atoms with E-state index in [0.29, 0.717) is 36.3 Å². The van der Waals surface area contributed by atoms with E-state index in [9.17, 15) is 9.59 Å². The van der Waals surface area contributed by atoms with E-state index >= 15 is 0 Å². The molecule has 5 aliphatic rings. The molecule has 1 aliphatic heterocycles. The maximum atomic E-state index is 13.2. The van der Waals surface area contributed by atoms with Crippen LogP contribution < -0.4 is 4.74 Å². The fourth-order valence-corrected chi connectivity index (χ4v) is 7.25. The molecule has 5 nitrogen and oxygen atoms in total. The van der Waals surface area contributed by atoms with E-state index in [0.717, 1.165) is 37.1 Å². The fourth-order valence-electron chi connectivity index (χ4n) is 7.12. The maximum Gasteiger partial charge on any atom is 0.260 e. The number of carbonyl (C=O) groups excluding carboxylic acids is 2. The number of halogens is 1. The van der Waals surface area contributed by atoms with Crippen molar-refractivity contribution in [2.45, 2.75) is 51.4 Å². The number of carbonyl (C=O) groups is 2. The normalized spacial score (nSPS) is 32.1. The summed E-state index contributed by atoms with van der Waals surface area (Å²) in [7, 11) is 0. The van der Waals surface area contributed by atoms with Crippen LogP contribution in [-0.4, -0.2) is 54.4 Å². The van der Waals surface area contributed by atoms with Crippen molar-refractivity contribution in [1.82, 2.24) is 9.80 Å². The molecule has 4 bridgehead atoms. The minimum absolute atomic E-state index is 0.0167. The van der Waals surface area contributed by atoms with Crippen LogP contribution in [0.3, 0.4) is 0 Å². The van der Waals surface area contributed by atoms with Crippen molar-refractivity contribution in [3.05, 3.63) is 29.3 Å². The van der Waals surface area contributed by atoms with E-state index in [2.05, 4.69) is 0 Å². The molecule has 4 saturated carbocycles. The molecule has 0 unspecified atom stereocenters. The lowest BCUT2D eigenvalue weighted by molar-refractivity contribution is -0.140. The summed E-state index contributed by atoms with van der Waals surface area (Å²) in [5, 5.41) is 0.643. The average molecular weight is 445 g/mol. The van der Waals surface area contributed by atoms with E-state index < -0.39 is 0 Å². The van der Waals surface area contributed by atoms with E-state index in [1.54, 1.807) is 24.3 Å². The molecule has 0 N–H and O–H groups in total. The molecule has 1 aromatic rings. The molecule has 6 heteroatoms. The standard InChI is InChI=1S/C25H33ClN2O3/c26-21-2-4-22(5-3-21)31-17-24(30)28-7-1-6-27(8-9-28)23(29)16-25-13-18-10-19(14-25)12-20(11-18)15-25/h2-5,18-20H,1,6-17H2. The first-order chi connectivity index (χ1) is 15.0. The van der Waals surface area contributed by atoms with Crippen LogP contribution in [0.1, 0.15) is 51.4 Å². The summed E-state index contributed by atoms with van der Waals surface area (Å²) in [5.74, 6) is 3.55. The van der Waals surface area contributed by atoms with Crippen molar-refractivity contribution in [3.8, 4) is 5.75 Å². The van der Waals surface area contributed by atoms with E-state index in [1.807, 2.05) is 9.80 Å². The number of amides is 2. The van der Waals surface area contributed by atoms with Crippen molar-refractivity contribution in [2.75, 3.05) is 32.8 Å². The molecule has 2 amide bonds. The molecule has 6 rings (SSSR count). The average Bonchev–Trinajstić information content (AvgIpc) is 2.98. The highest BCUT2D eigenvalue weighted by Crippen LogP contribution is 2.61. The van der Waals surface area contributed by atoms with E-state index in [-0.39, 0.29) is 17.9 Å². The summed E-state index contributed by atoms with van der Waals surface area (Å²) in [4.78, 5) is 29.7. The van der Waals surface area contributed by atoms with Crippen LogP contribution in [0.2, 0.25) is 5.02 Å². The predicted octanol–water partition coefficient (Wildman–Crippen LogP) is 4.39. The number of hydrogen-bond donors (Lipinski definition) is 0. The molecule has 0 radical (unpaired) electrons. The van der Waals surface area contributed by atoms with Gasteiger partial charge in [0.05, 0.1) is 0 Å². The minimum Gasteiger partial charge on any atom is -0.484 e. The molecule has 1 heterocycles. The largest absolute Gasteiger partial charge is 0.484 e. The molecular formula is C25H33ClN2O3. The third-order valence-electron chi connectivity index (χ3n) is 8.07. The Morgan fingerprint density at radius 3 is 2.00 bits per heavy atom. The Labute approximate surface area is 190 Å². The highest BCUT2D eigenvalue weighted by Gasteiger charge is 2.51. The van der Waals surface area contributed by atoms with Gasteiger partial charge in [-0.1, -0.05) is 11.6 Å². The Hall–Kier alpha value is -1.75. The number of ether oxygens (including phenoxy) is 1. The van der Waals surface area contributed by atoms with Crippen LogP contribution in [-0.2, 0) is 9.59 Å². The molecule has 0 atom stereocenters. The van der Waals surface area contributed by atoms with E-state index in [4.69, 9.17) is 16.3 Å². The van der Waals surface area contributed by atoms with Gasteiger partial charge in [-0.25, -0.2) is 0 Å². The van der Waals surface area contributed by atoms with Crippen LogP contribution in [0.15, 0.2) is 24.3 Å². The van der Waals surface area contributed by atoms with Crippen LogP contribution in [0.5, 0.6) is 5.75 Å². The van der Waals surface area contributed by atoms with Crippen LogP contribution >= 0.6 is 11.6 Å².